The van der Waals surface area contributed by atoms with Crippen molar-refractivity contribution in [3.05, 3.63) is 35.0 Å². The van der Waals surface area contributed by atoms with Gasteiger partial charge in [0.15, 0.2) is 35.4 Å². The van der Waals surface area contributed by atoms with Crippen LogP contribution >= 0.6 is 16.1 Å². The number of nitrogens with zero attached hydrogens (tertiary/aromatic N) is 7. The molecule has 0 spiro atoms. The van der Waals surface area contributed by atoms with E-state index in [-0.39, 0.29) is 22.8 Å². The molecule has 2 saturated heterocycles. The van der Waals surface area contributed by atoms with Crippen LogP contribution in [0.4, 0.5) is 5.95 Å². The van der Waals surface area contributed by atoms with Gasteiger partial charge in [-0.15, -0.1) is 9.42 Å². The molecule has 4 aromatic heterocycles. The summed E-state index contributed by atoms with van der Waals surface area (Å²) in [5.41, 5.74) is 5.85. The van der Waals surface area contributed by atoms with Gasteiger partial charge in [-0.05, 0) is 0 Å². The largest absolute Gasteiger partial charge is 0.695 e. The van der Waals surface area contributed by atoms with E-state index in [4.69, 9.17) is 33.5 Å². The number of aromatic nitrogens is 8. The molecule has 0 bridgehead atoms. The second-order valence-electron chi connectivity index (χ2n) is 10.6. The molecule has 0 saturated carbocycles. The van der Waals surface area contributed by atoms with Crippen LogP contribution in [0, 0.1) is 0 Å². The first-order valence-electron chi connectivity index (χ1n) is 14.1. The Bertz CT molecular complexity index is 1910. The first kappa shape index (κ1) is 34.5. The molecule has 6 heterocycles. The van der Waals surface area contributed by atoms with E-state index < -0.39 is 83.9 Å². The van der Waals surface area contributed by atoms with Gasteiger partial charge in [-0.25, -0.2) is 24.5 Å². The van der Waals surface area contributed by atoms with Gasteiger partial charge in [0.05, 0.1) is 38.2 Å². The van der Waals surface area contributed by atoms with Gasteiger partial charge >= 0.3 is 16.1 Å². The van der Waals surface area contributed by atoms with Gasteiger partial charge in [-0.3, -0.25) is 28.0 Å². The molecule has 2 unspecified atom stereocenters. The number of phosphoric ester groups is 1. The van der Waals surface area contributed by atoms with E-state index >= 15 is 0 Å². The molecule has 0 radical (unpaired) electrons. The minimum absolute atomic E-state index is 0.116. The predicted octanol–water partition coefficient (Wildman–Crippen LogP) is -2.22. The van der Waals surface area contributed by atoms with Crippen LogP contribution in [-0.2, 0) is 43.3 Å². The molecular formula is C23H30N9O14P2+. The van der Waals surface area contributed by atoms with Crippen molar-refractivity contribution >= 4 is 44.4 Å². The van der Waals surface area contributed by atoms with Crippen molar-refractivity contribution in [3.8, 4) is 0 Å². The average molecular weight is 718 g/mol. The highest BCUT2D eigenvalue weighted by atomic mass is 31.2. The number of fused-ring (bicyclic) bond motifs is 2. The Morgan fingerprint density at radius 1 is 1.04 bits per heavy atom. The van der Waals surface area contributed by atoms with Crippen molar-refractivity contribution in [2.75, 3.05) is 32.7 Å². The number of anilines is 1. The molecule has 0 amide bonds. The third-order valence-electron chi connectivity index (χ3n) is 7.65. The normalized spacial score (nSPS) is 29.2. The maximum Gasteiger partial charge on any atom is 0.695 e. The summed E-state index contributed by atoms with van der Waals surface area (Å²) in [7, 11) is -6.94. The van der Waals surface area contributed by atoms with Gasteiger partial charge in [-0.2, -0.15) is 4.98 Å². The highest BCUT2D eigenvalue weighted by molar-refractivity contribution is 7.47. The highest BCUT2D eigenvalue weighted by Gasteiger charge is 2.53. The fraction of sp³-hybridized carbons (Fsp3) is 0.565. The van der Waals surface area contributed by atoms with Crippen LogP contribution in [0.25, 0.3) is 22.3 Å². The monoisotopic (exact) mass is 718 g/mol. The lowest BCUT2D eigenvalue weighted by atomic mass is 10.1. The number of ether oxygens (including phenoxy) is 3. The summed E-state index contributed by atoms with van der Waals surface area (Å²) >= 11 is 0. The molecule has 25 heteroatoms. The Morgan fingerprint density at radius 3 is 2.46 bits per heavy atom. The van der Waals surface area contributed by atoms with Crippen molar-refractivity contribution in [2.45, 2.75) is 55.5 Å². The molecule has 2 aliphatic rings. The lowest BCUT2D eigenvalue weighted by Crippen LogP contribution is -2.36. The van der Waals surface area contributed by atoms with Gasteiger partial charge in [-0.1, -0.05) is 0 Å². The molecule has 2 fully saturated rings. The smallest absolute Gasteiger partial charge is 0.394 e. The molecule has 10 atom stereocenters. The number of phosphoric acid groups is 1. The van der Waals surface area contributed by atoms with Crippen molar-refractivity contribution in [3.63, 3.8) is 0 Å². The Kier molecular flexibility index (Phi) is 9.93. The number of nitrogen functional groups attached to an aromatic ring is 1. The SMILES string of the molecule is COCCc1ncnc2c1ncn2[C@@H]1O[C@H](COP(=O)(O)O[C@@H]2[C@H](O)[C@@H](CO)O[C@H]2n2cnc3c(=O)[nH]c(N)nc32)[C@@H](O[P+](=O)O)[C@H]1O. The molecule has 8 N–H and O–H groups in total. The first-order valence-corrected chi connectivity index (χ1v) is 16.7. The number of methoxy groups -OCH3 is 1. The van der Waals surface area contributed by atoms with Gasteiger partial charge in [0.2, 0.25) is 5.95 Å². The average Bonchev–Trinajstić information content (AvgIpc) is 3.80. The molecule has 4 aromatic rings. The van der Waals surface area contributed by atoms with Crippen molar-refractivity contribution in [1.82, 2.24) is 39.0 Å². The predicted molar refractivity (Wildman–Crippen MR) is 156 cm³/mol. The number of imidazole rings is 2. The van der Waals surface area contributed by atoms with E-state index in [1.165, 1.54) is 24.3 Å². The lowest BCUT2D eigenvalue weighted by molar-refractivity contribution is -0.0609. The summed E-state index contributed by atoms with van der Waals surface area (Å²) < 4.78 is 59.4. The first-order chi connectivity index (χ1) is 22.9. The van der Waals surface area contributed by atoms with Crippen LogP contribution in [0.15, 0.2) is 23.8 Å². The number of aliphatic hydroxyl groups excluding tert-OH is 3. The summed E-state index contributed by atoms with van der Waals surface area (Å²) in [6, 6.07) is 0. The van der Waals surface area contributed by atoms with Crippen molar-refractivity contribution in [2.24, 2.45) is 0 Å². The molecular weight excluding hydrogens is 688 g/mol. The van der Waals surface area contributed by atoms with Gasteiger partial charge in [0.1, 0.15) is 42.4 Å². The summed E-state index contributed by atoms with van der Waals surface area (Å²) in [5.74, 6) is -0.277. The lowest BCUT2D eigenvalue weighted by Gasteiger charge is -2.24. The van der Waals surface area contributed by atoms with Crippen molar-refractivity contribution < 1.29 is 62.0 Å². The van der Waals surface area contributed by atoms with E-state index in [0.29, 0.717) is 24.2 Å². The second kappa shape index (κ2) is 13.8. The molecule has 48 heavy (non-hydrogen) atoms. The Labute approximate surface area is 268 Å². The molecule has 260 valence electrons. The van der Waals surface area contributed by atoms with Crippen LogP contribution in [0.3, 0.4) is 0 Å². The molecule has 0 aliphatic carbocycles. The number of H-pyrrole nitrogens is 1. The number of nitrogens with one attached hydrogen (secondary N) is 1. The maximum atomic E-state index is 13.2. The third kappa shape index (κ3) is 6.61. The highest BCUT2D eigenvalue weighted by Crippen LogP contribution is 2.50. The summed E-state index contributed by atoms with van der Waals surface area (Å²) in [6.45, 7) is -1.22. The zero-order valence-corrected chi connectivity index (χ0v) is 26.5. The number of nitrogens with two attached hydrogens (primary N) is 1. The number of aromatic amines is 1. The van der Waals surface area contributed by atoms with E-state index in [1.54, 1.807) is 0 Å². The van der Waals surface area contributed by atoms with Crippen LogP contribution in [-0.4, -0.2) is 128 Å². The van der Waals surface area contributed by atoms with Crippen LogP contribution in [0.2, 0.25) is 0 Å². The van der Waals surface area contributed by atoms with Gasteiger partial charge in [0.25, 0.3) is 5.56 Å². The second-order valence-corrected chi connectivity index (χ2v) is 12.7. The third-order valence-corrected chi connectivity index (χ3v) is 9.06. The van der Waals surface area contributed by atoms with E-state index in [9.17, 15) is 39.0 Å². The Hall–Kier alpha value is -3.41. The Morgan fingerprint density at radius 2 is 1.75 bits per heavy atom. The number of hydrogen-bond acceptors (Lipinski definition) is 18. The standard InChI is InChI=1S/C23H29N9O14P2/c1-41-3-2-9-12-18(26-6-25-9)31(7-27-12)21-15(35)16(45-47(37)38)11(44-21)5-42-48(39,40)46-17-14(34)10(4-33)43-22(17)32-8-28-13-19(32)29-23(24)30-20(13)36/h6-8,10-11,14-17,21-22,33-35H,2-5H2,1H3,(H4-,24,29,30,36,37,38,39,40)/p+1/t10-,11-,14-,15-,16-,17-,21-,22-/m1/s1. The number of aliphatic hydroxyl groups is 3. The zero-order chi connectivity index (χ0) is 34.3. The molecule has 6 rings (SSSR count). The van der Waals surface area contributed by atoms with Gasteiger partial charge in [0, 0.05) is 18.1 Å². The minimum atomic E-state index is -5.18. The zero-order valence-electron chi connectivity index (χ0n) is 24.7. The summed E-state index contributed by atoms with van der Waals surface area (Å²) in [6.07, 6.45) is -8.04. The molecule has 2 aliphatic heterocycles. The molecule has 23 nitrogen and oxygen atoms in total. The van der Waals surface area contributed by atoms with Crippen LogP contribution in [0.1, 0.15) is 18.1 Å². The quantitative estimate of drug-likeness (QED) is 0.0720. The maximum absolute atomic E-state index is 13.2. The fourth-order valence-electron chi connectivity index (χ4n) is 5.47. The van der Waals surface area contributed by atoms with Crippen molar-refractivity contribution in [1.29, 1.82) is 0 Å². The number of rotatable bonds is 13. The Balaban J connectivity index is 1.22. The summed E-state index contributed by atoms with van der Waals surface area (Å²) in [4.78, 5) is 55.4. The topological polar surface area (TPSA) is 324 Å². The van der Waals surface area contributed by atoms with E-state index in [0.717, 1.165) is 10.9 Å². The van der Waals surface area contributed by atoms with Crippen LogP contribution < -0.4 is 11.3 Å². The number of hydrogen-bond donors (Lipinski definition) is 7. The van der Waals surface area contributed by atoms with E-state index in [2.05, 4.69) is 29.9 Å². The molecule has 0 aromatic carbocycles. The van der Waals surface area contributed by atoms with Crippen LogP contribution in [0.5, 0.6) is 0 Å². The van der Waals surface area contributed by atoms with Gasteiger partial charge < -0.3 is 40.2 Å². The fourth-order valence-corrected chi connectivity index (χ4v) is 6.88. The minimum Gasteiger partial charge on any atom is -0.394 e. The van der Waals surface area contributed by atoms with E-state index in [1.807, 2.05) is 0 Å². The summed E-state index contributed by atoms with van der Waals surface area (Å²) in [5, 5.41) is 31.6.